The lowest BCUT2D eigenvalue weighted by atomic mass is 10.2. The van der Waals surface area contributed by atoms with Gasteiger partial charge in [0.05, 0.1) is 31.3 Å². The highest BCUT2D eigenvalue weighted by molar-refractivity contribution is 7.92. The van der Waals surface area contributed by atoms with Gasteiger partial charge in [-0.3, -0.25) is 4.31 Å². The second-order valence-corrected chi connectivity index (χ2v) is 7.53. The Bertz CT molecular complexity index is 941. The number of benzene rings is 2. The Hall–Kier alpha value is -2.87. The van der Waals surface area contributed by atoms with Crippen molar-refractivity contribution in [1.29, 1.82) is 0 Å². The van der Waals surface area contributed by atoms with Gasteiger partial charge in [0.1, 0.15) is 24.7 Å². The Kier molecular flexibility index (Phi) is 5.46. The normalized spacial score (nSPS) is 13.0. The third kappa shape index (κ3) is 3.66. The summed E-state index contributed by atoms with van der Waals surface area (Å²) in [4.78, 5) is 0.0819. The Morgan fingerprint density at radius 3 is 2.48 bits per heavy atom. The molecule has 3 rings (SSSR count). The summed E-state index contributed by atoms with van der Waals surface area (Å²) < 4.78 is 49.5. The van der Waals surface area contributed by atoms with Gasteiger partial charge in [-0.05, 0) is 24.3 Å². The number of hydrogen-bond donors (Lipinski definition) is 0. The Labute approximate surface area is 158 Å². The Morgan fingerprint density at radius 2 is 1.81 bits per heavy atom. The van der Waals surface area contributed by atoms with Gasteiger partial charge in [0.25, 0.3) is 10.0 Å². The molecule has 1 heterocycles. The minimum Gasteiger partial charge on any atom is -0.497 e. The molecule has 7 nitrogen and oxygen atoms in total. The van der Waals surface area contributed by atoms with Crippen molar-refractivity contribution in [3.8, 4) is 23.0 Å². The highest BCUT2D eigenvalue weighted by atomic mass is 32.2. The molecule has 2 aromatic carbocycles. The van der Waals surface area contributed by atoms with Gasteiger partial charge in [-0.15, -0.1) is 6.58 Å². The van der Waals surface area contributed by atoms with Crippen molar-refractivity contribution in [3.63, 3.8) is 0 Å². The first kappa shape index (κ1) is 18.9. The fourth-order valence-corrected chi connectivity index (χ4v) is 4.20. The van der Waals surface area contributed by atoms with Crippen LogP contribution in [0.1, 0.15) is 0 Å². The lowest BCUT2D eigenvalue weighted by molar-refractivity contribution is 0.171. The van der Waals surface area contributed by atoms with E-state index in [4.69, 9.17) is 18.9 Å². The van der Waals surface area contributed by atoms with E-state index < -0.39 is 10.0 Å². The molecule has 0 saturated heterocycles. The second kappa shape index (κ2) is 7.79. The van der Waals surface area contributed by atoms with Gasteiger partial charge in [0, 0.05) is 12.1 Å². The van der Waals surface area contributed by atoms with Gasteiger partial charge in [-0.2, -0.15) is 0 Å². The fraction of sp³-hybridized carbons (Fsp3) is 0.263. The van der Waals surface area contributed by atoms with E-state index >= 15 is 0 Å². The molecule has 27 heavy (non-hydrogen) atoms. The Morgan fingerprint density at radius 1 is 1.07 bits per heavy atom. The van der Waals surface area contributed by atoms with Crippen LogP contribution in [0.25, 0.3) is 0 Å². The SMILES string of the molecule is C=CCN(c1cc(OC)ccc1OC)S(=O)(=O)c1ccc2c(c1)OCCO2. The molecule has 144 valence electrons. The van der Waals surface area contributed by atoms with E-state index in [1.807, 2.05) is 0 Å². The molecule has 1 aliphatic heterocycles. The summed E-state index contributed by atoms with van der Waals surface area (Å²) in [5.74, 6) is 1.84. The van der Waals surface area contributed by atoms with Crippen molar-refractivity contribution in [1.82, 2.24) is 0 Å². The van der Waals surface area contributed by atoms with E-state index in [9.17, 15) is 8.42 Å². The molecular formula is C19H21NO6S. The standard InChI is InChI=1S/C19H21NO6S/c1-4-9-20(16-12-14(23-2)5-7-17(16)24-3)27(21,22)15-6-8-18-19(13-15)26-11-10-25-18/h4-8,12-13H,1,9-11H2,2-3H3. The molecule has 0 amide bonds. The predicted molar refractivity (Wildman–Crippen MR) is 102 cm³/mol. The van der Waals surface area contributed by atoms with Crippen LogP contribution in [0.2, 0.25) is 0 Å². The van der Waals surface area contributed by atoms with Crippen LogP contribution in [0.15, 0.2) is 53.9 Å². The summed E-state index contributed by atoms with van der Waals surface area (Å²) in [7, 11) is -0.923. The smallest absolute Gasteiger partial charge is 0.264 e. The fourth-order valence-electron chi connectivity index (χ4n) is 2.75. The average molecular weight is 391 g/mol. The monoisotopic (exact) mass is 391 g/mol. The number of hydrogen-bond acceptors (Lipinski definition) is 6. The first-order valence-electron chi connectivity index (χ1n) is 8.26. The van der Waals surface area contributed by atoms with E-state index in [0.717, 1.165) is 0 Å². The van der Waals surface area contributed by atoms with Crippen LogP contribution in [-0.4, -0.2) is 42.4 Å². The van der Waals surface area contributed by atoms with Gasteiger partial charge >= 0.3 is 0 Å². The van der Waals surface area contributed by atoms with Crippen molar-refractivity contribution in [2.24, 2.45) is 0 Å². The third-order valence-electron chi connectivity index (χ3n) is 4.05. The first-order valence-corrected chi connectivity index (χ1v) is 9.70. The minimum absolute atomic E-state index is 0.0559. The number of sulfonamides is 1. The zero-order chi connectivity index (χ0) is 19.4. The molecule has 0 saturated carbocycles. The maximum atomic E-state index is 13.4. The summed E-state index contributed by atoms with van der Waals surface area (Å²) in [5.41, 5.74) is 0.353. The number of methoxy groups -OCH3 is 2. The zero-order valence-corrected chi connectivity index (χ0v) is 16.0. The summed E-state index contributed by atoms with van der Waals surface area (Å²) in [6, 6.07) is 9.51. The van der Waals surface area contributed by atoms with Crippen molar-refractivity contribution in [3.05, 3.63) is 49.1 Å². The highest BCUT2D eigenvalue weighted by Crippen LogP contribution is 2.38. The quantitative estimate of drug-likeness (QED) is 0.676. The van der Waals surface area contributed by atoms with Crippen LogP contribution in [0, 0.1) is 0 Å². The van der Waals surface area contributed by atoms with Crippen molar-refractivity contribution in [2.45, 2.75) is 4.90 Å². The number of fused-ring (bicyclic) bond motifs is 1. The largest absolute Gasteiger partial charge is 0.497 e. The van der Waals surface area contributed by atoms with Crippen LogP contribution in [0.5, 0.6) is 23.0 Å². The summed E-state index contributed by atoms with van der Waals surface area (Å²) in [5, 5.41) is 0. The maximum Gasteiger partial charge on any atom is 0.264 e. The Balaban J connectivity index is 2.10. The molecule has 0 radical (unpaired) electrons. The van der Waals surface area contributed by atoms with Gasteiger partial charge in [-0.1, -0.05) is 6.08 Å². The topological polar surface area (TPSA) is 74.3 Å². The number of anilines is 1. The van der Waals surface area contributed by atoms with Crippen LogP contribution >= 0.6 is 0 Å². The van der Waals surface area contributed by atoms with E-state index in [2.05, 4.69) is 6.58 Å². The zero-order valence-electron chi connectivity index (χ0n) is 15.2. The first-order chi connectivity index (χ1) is 13.0. The molecule has 0 fully saturated rings. The number of rotatable bonds is 7. The lowest BCUT2D eigenvalue weighted by Crippen LogP contribution is -2.31. The third-order valence-corrected chi connectivity index (χ3v) is 5.83. The van der Waals surface area contributed by atoms with Crippen LogP contribution in [0.3, 0.4) is 0 Å². The molecule has 0 spiro atoms. The average Bonchev–Trinajstić information content (AvgIpc) is 2.71. The molecule has 0 N–H and O–H groups in total. The molecule has 1 aliphatic rings. The maximum absolute atomic E-state index is 13.4. The summed E-state index contributed by atoms with van der Waals surface area (Å²) in [6.45, 7) is 4.54. The number of nitrogens with zero attached hydrogens (tertiary/aromatic N) is 1. The molecule has 2 aromatic rings. The van der Waals surface area contributed by atoms with E-state index in [0.29, 0.717) is 41.9 Å². The summed E-state index contributed by atoms with van der Waals surface area (Å²) >= 11 is 0. The van der Waals surface area contributed by atoms with Crippen LogP contribution in [0.4, 0.5) is 5.69 Å². The molecule has 8 heteroatoms. The van der Waals surface area contributed by atoms with Gasteiger partial charge < -0.3 is 18.9 Å². The molecule has 0 unspecified atom stereocenters. The molecule has 0 bridgehead atoms. The van der Waals surface area contributed by atoms with Crippen molar-refractivity contribution < 1.29 is 27.4 Å². The lowest BCUT2D eigenvalue weighted by Gasteiger charge is -2.26. The van der Waals surface area contributed by atoms with E-state index in [1.165, 1.54) is 36.7 Å². The molecule has 0 atom stereocenters. The second-order valence-electron chi connectivity index (χ2n) is 5.67. The predicted octanol–water partition coefficient (Wildman–Crippen LogP) is 2.86. The van der Waals surface area contributed by atoms with Crippen LogP contribution < -0.4 is 23.3 Å². The molecule has 0 aliphatic carbocycles. The van der Waals surface area contributed by atoms with Crippen molar-refractivity contribution in [2.75, 3.05) is 38.3 Å². The van der Waals surface area contributed by atoms with Crippen LogP contribution in [-0.2, 0) is 10.0 Å². The van der Waals surface area contributed by atoms with Gasteiger partial charge in [0.2, 0.25) is 0 Å². The van der Waals surface area contributed by atoms with Gasteiger partial charge in [-0.25, -0.2) is 8.42 Å². The molecular weight excluding hydrogens is 370 g/mol. The van der Waals surface area contributed by atoms with Gasteiger partial charge in [0.15, 0.2) is 11.5 Å². The van der Waals surface area contributed by atoms with Crippen molar-refractivity contribution >= 4 is 15.7 Å². The highest BCUT2D eigenvalue weighted by Gasteiger charge is 2.28. The summed E-state index contributed by atoms with van der Waals surface area (Å²) in [6.07, 6.45) is 1.51. The van der Waals surface area contributed by atoms with E-state index in [1.54, 1.807) is 24.3 Å². The number of ether oxygens (including phenoxy) is 4. The van der Waals surface area contributed by atoms with E-state index in [-0.39, 0.29) is 11.4 Å². The molecule has 0 aromatic heterocycles. The minimum atomic E-state index is -3.92.